The molecule has 0 saturated heterocycles. The SMILES string of the molecule is CC(C)(C)[Si](C)(C)OCC=Cc1ncc(Cl)nc1Cl. The molecule has 0 aliphatic carbocycles. The van der Waals surface area contributed by atoms with Crippen LogP contribution in [0.4, 0.5) is 0 Å². The van der Waals surface area contributed by atoms with Gasteiger partial charge in [0.2, 0.25) is 0 Å². The van der Waals surface area contributed by atoms with E-state index in [1.54, 1.807) is 6.08 Å². The van der Waals surface area contributed by atoms with Crippen LogP contribution in [0, 0.1) is 0 Å². The van der Waals surface area contributed by atoms with Gasteiger partial charge in [0.05, 0.1) is 12.8 Å². The van der Waals surface area contributed by atoms with E-state index < -0.39 is 8.32 Å². The third kappa shape index (κ3) is 4.88. The summed E-state index contributed by atoms with van der Waals surface area (Å²) < 4.78 is 6.01. The van der Waals surface area contributed by atoms with Crippen molar-refractivity contribution in [2.75, 3.05) is 6.61 Å². The number of rotatable bonds is 4. The van der Waals surface area contributed by atoms with Gasteiger partial charge in [0.25, 0.3) is 0 Å². The standard InChI is InChI=1S/C13H20Cl2N2OSi/c1-13(2,3)19(4,5)18-8-6-7-10-12(15)17-11(14)9-16-10/h6-7,9H,8H2,1-5H3. The summed E-state index contributed by atoms with van der Waals surface area (Å²) in [5.41, 5.74) is 0.602. The predicted octanol–water partition coefficient (Wildman–Crippen LogP) is 4.82. The van der Waals surface area contributed by atoms with Crippen LogP contribution in [-0.2, 0) is 4.43 Å². The minimum atomic E-state index is -1.71. The Bertz CT molecular complexity index is 470. The number of aromatic nitrogens is 2. The summed E-state index contributed by atoms with van der Waals surface area (Å²) in [6.45, 7) is 11.6. The first-order chi connectivity index (χ1) is 8.63. The topological polar surface area (TPSA) is 35.0 Å². The van der Waals surface area contributed by atoms with Gasteiger partial charge in [-0.15, -0.1) is 0 Å². The number of nitrogens with zero attached hydrogens (tertiary/aromatic N) is 2. The highest BCUT2D eigenvalue weighted by Crippen LogP contribution is 2.36. The summed E-state index contributed by atoms with van der Waals surface area (Å²) in [4.78, 5) is 8.03. The monoisotopic (exact) mass is 318 g/mol. The molecule has 0 aromatic carbocycles. The van der Waals surface area contributed by atoms with E-state index in [1.807, 2.05) is 6.08 Å². The lowest BCUT2D eigenvalue weighted by Gasteiger charge is -2.35. The minimum Gasteiger partial charge on any atom is -0.413 e. The Hall–Kier alpha value is -0.423. The van der Waals surface area contributed by atoms with Crippen molar-refractivity contribution in [3.63, 3.8) is 0 Å². The average molecular weight is 319 g/mol. The molecule has 0 aliphatic heterocycles. The third-order valence-electron chi connectivity index (χ3n) is 3.35. The van der Waals surface area contributed by atoms with Crippen molar-refractivity contribution in [3.05, 3.63) is 28.3 Å². The molecule has 6 heteroatoms. The van der Waals surface area contributed by atoms with Gasteiger partial charge in [0, 0.05) is 0 Å². The molecular weight excluding hydrogens is 299 g/mol. The molecule has 0 amide bonds. The predicted molar refractivity (Wildman–Crippen MR) is 84.2 cm³/mol. The zero-order valence-corrected chi connectivity index (χ0v) is 14.5. The number of hydrogen-bond donors (Lipinski definition) is 0. The maximum Gasteiger partial charge on any atom is 0.192 e. The van der Waals surface area contributed by atoms with Gasteiger partial charge in [-0.2, -0.15) is 0 Å². The lowest BCUT2D eigenvalue weighted by Crippen LogP contribution is -2.40. The van der Waals surface area contributed by atoms with Crippen molar-refractivity contribution >= 4 is 37.6 Å². The molecule has 0 radical (unpaired) electrons. The molecule has 1 rings (SSSR count). The van der Waals surface area contributed by atoms with E-state index in [9.17, 15) is 0 Å². The molecule has 1 aromatic rings. The van der Waals surface area contributed by atoms with Crippen LogP contribution in [0.5, 0.6) is 0 Å². The maximum absolute atomic E-state index is 6.01. The fraction of sp³-hybridized carbons (Fsp3) is 0.538. The Morgan fingerprint density at radius 3 is 2.47 bits per heavy atom. The second kappa shape index (κ2) is 6.35. The second-order valence-electron chi connectivity index (χ2n) is 5.84. The van der Waals surface area contributed by atoms with Gasteiger partial charge in [-0.1, -0.05) is 50.0 Å². The van der Waals surface area contributed by atoms with Gasteiger partial charge >= 0.3 is 0 Å². The lowest BCUT2D eigenvalue weighted by atomic mass is 10.2. The molecule has 19 heavy (non-hydrogen) atoms. The fourth-order valence-corrected chi connectivity index (χ4v) is 2.43. The van der Waals surface area contributed by atoms with E-state index in [4.69, 9.17) is 27.6 Å². The molecule has 0 saturated carbocycles. The Kier molecular flexibility index (Phi) is 5.56. The van der Waals surface area contributed by atoms with Crippen molar-refractivity contribution in [2.45, 2.75) is 38.9 Å². The molecule has 0 unspecified atom stereocenters. The smallest absolute Gasteiger partial charge is 0.192 e. The number of hydrogen-bond acceptors (Lipinski definition) is 3. The van der Waals surface area contributed by atoms with Crippen LogP contribution in [0.15, 0.2) is 12.3 Å². The second-order valence-corrected chi connectivity index (χ2v) is 11.4. The van der Waals surface area contributed by atoms with Gasteiger partial charge in [-0.05, 0) is 24.2 Å². The Morgan fingerprint density at radius 2 is 1.95 bits per heavy atom. The molecule has 0 fully saturated rings. The molecule has 0 atom stereocenters. The van der Waals surface area contributed by atoms with Crippen LogP contribution < -0.4 is 0 Å². The van der Waals surface area contributed by atoms with Gasteiger partial charge in [-0.3, -0.25) is 4.98 Å². The van der Waals surface area contributed by atoms with Crippen molar-refractivity contribution in [1.82, 2.24) is 9.97 Å². The van der Waals surface area contributed by atoms with Crippen LogP contribution >= 0.6 is 23.2 Å². The van der Waals surface area contributed by atoms with Gasteiger partial charge in [-0.25, -0.2) is 4.98 Å². The fourth-order valence-electron chi connectivity index (χ4n) is 1.10. The van der Waals surface area contributed by atoms with Crippen LogP contribution in [0.2, 0.25) is 28.4 Å². The van der Waals surface area contributed by atoms with E-state index in [-0.39, 0.29) is 5.04 Å². The Morgan fingerprint density at radius 1 is 1.32 bits per heavy atom. The molecule has 106 valence electrons. The van der Waals surface area contributed by atoms with Crippen LogP contribution in [0.3, 0.4) is 0 Å². The first-order valence-electron chi connectivity index (χ1n) is 6.12. The lowest BCUT2D eigenvalue weighted by molar-refractivity contribution is 0.328. The molecule has 3 nitrogen and oxygen atoms in total. The zero-order chi connectivity index (χ0) is 14.7. The van der Waals surface area contributed by atoms with Gasteiger partial charge < -0.3 is 4.43 Å². The first kappa shape index (κ1) is 16.6. The maximum atomic E-state index is 6.01. The van der Waals surface area contributed by atoms with Crippen molar-refractivity contribution in [2.24, 2.45) is 0 Å². The highest BCUT2D eigenvalue weighted by Gasteiger charge is 2.36. The Labute approximate surface area is 126 Å². The highest BCUT2D eigenvalue weighted by atomic mass is 35.5. The molecule has 0 spiro atoms. The normalized spacial score (nSPS) is 13.2. The summed E-state index contributed by atoms with van der Waals surface area (Å²) >= 11 is 11.6. The molecule has 1 aromatic heterocycles. The highest BCUT2D eigenvalue weighted by molar-refractivity contribution is 6.74. The average Bonchev–Trinajstić information content (AvgIpc) is 2.25. The van der Waals surface area contributed by atoms with E-state index in [1.165, 1.54) is 6.20 Å². The van der Waals surface area contributed by atoms with Gasteiger partial charge in [0.1, 0.15) is 10.8 Å². The van der Waals surface area contributed by atoms with Crippen molar-refractivity contribution < 1.29 is 4.43 Å². The van der Waals surface area contributed by atoms with Crippen molar-refractivity contribution in [3.8, 4) is 0 Å². The van der Waals surface area contributed by atoms with E-state index in [2.05, 4.69) is 43.8 Å². The summed E-state index contributed by atoms with van der Waals surface area (Å²) in [7, 11) is -1.71. The Balaban J connectivity index is 2.60. The molecule has 0 bridgehead atoms. The summed E-state index contributed by atoms with van der Waals surface area (Å²) in [6.07, 6.45) is 5.19. The summed E-state index contributed by atoms with van der Waals surface area (Å²) in [6, 6.07) is 0. The molecule has 0 N–H and O–H groups in total. The van der Waals surface area contributed by atoms with Crippen LogP contribution in [0.25, 0.3) is 6.08 Å². The first-order valence-corrected chi connectivity index (χ1v) is 9.78. The quantitative estimate of drug-likeness (QED) is 0.746. The van der Waals surface area contributed by atoms with Crippen LogP contribution in [0.1, 0.15) is 26.5 Å². The molecule has 0 aliphatic rings. The molecule has 1 heterocycles. The van der Waals surface area contributed by atoms with Crippen LogP contribution in [-0.4, -0.2) is 24.9 Å². The zero-order valence-electron chi connectivity index (χ0n) is 12.0. The van der Waals surface area contributed by atoms with E-state index >= 15 is 0 Å². The minimum absolute atomic E-state index is 0.207. The van der Waals surface area contributed by atoms with Crippen molar-refractivity contribution in [1.29, 1.82) is 0 Å². The van der Waals surface area contributed by atoms with E-state index in [0.29, 0.717) is 22.6 Å². The van der Waals surface area contributed by atoms with E-state index in [0.717, 1.165) is 0 Å². The van der Waals surface area contributed by atoms with Gasteiger partial charge in [0.15, 0.2) is 13.5 Å². The summed E-state index contributed by atoms with van der Waals surface area (Å²) in [5.74, 6) is 0. The molecular formula is C13H20Cl2N2OSi. The third-order valence-corrected chi connectivity index (χ3v) is 8.31. The largest absolute Gasteiger partial charge is 0.413 e. The summed E-state index contributed by atoms with van der Waals surface area (Å²) in [5, 5.41) is 0.800. The number of halogens is 2.